The van der Waals surface area contributed by atoms with Gasteiger partial charge in [0.25, 0.3) is 0 Å². The normalized spacial score (nSPS) is 10.7. The molecule has 5 heteroatoms. The number of benzene rings is 1. The summed E-state index contributed by atoms with van der Waals surface area (Å²) < 4.78 is 10.4. The van der Waals surface area contributed by atoms with Gasteiger partial charge in [-0.05, 0) is 25.0 Å². The van der Waals surface area contributed by atoms with E-state index in [9.17, 15) is 9.90 Å². The summed E-state index contributed by atoms with van der Waals surface area (Å²) in [7, 11) is 0. The third-order valence-electron chi connectivity index (χ3n) is 2.49. The summed E-state index contributed by atoms with van der Waals surface area (Å²) in [5.41, 5.74) is -0.0334. The van der Waals surface area contributed by atoms with Crippen molar-refractivity contribution in [2.45, 2.75) is 12.8 Å². The molecule has 1 N–H and O–H groups in total. The molecule has 0 saturated heterocycles. The van der Waals surface area contributed by atoms with E-state index >= 15 is 0 Å². The van der Waals surface area contributed by atoms with Crippen LogP contribution in [0.2, 0.25) is 0 Å². The Balaban J connectivity index is 2.22. The van der Waals surface area contributed by atoms with Crippen LogP contribution in [0, 0.1) is 0 Å². The number of alkyl halides is 1. The van der Waals surface area contributed by atoms with E-state index in [-0.39, 0.29) is 5.75 Å². The van der Waals surface area contributed by atoms with Crippen LogP contribution in [0.15, 0.2) is 33.5 Å². The fourth-order valence-corrected chi connectivity index (χ4v) is 1.77. The van der Waals surface area contributed by atoms with Crippen molar-refractivity contribution in [3.8, 4) is 11.5 Å². The summed E-state index contributed by atoms with van der Waals surface area (Å²) >= 11 is 5.56. The van der Waals surface area contributed by atoms with Crippen LogP contribution in [0.3, 0.4) is 0 Å². The Bertz CT molecular complexity index is 591. The predicted molar refractivity (Wildman–Crippen MR) is 69.6 cm³/mol. The first kappa shape index (κ1) is 12.8. The fourth-order valence-electron chi connectivity index (χ4n) is 1.58. The van der Waals surface area contributed by atoms with E-state index in [1.807, 2.05) is 0 Å². The number of phenolic OH excluding ortho intramolecular Hbond substituents is 1. The minimum atomic E-state index is -0.429. The Morgan fingerprint density at radius 3 is 2.89 bits per heavy atom. The molecule has 0 atom stereocenters. The van der Waals surface area contributed by atoms with Gasteiger partial charge in [-0.1, -0.05) is 0 Å². The lowest BCUT2D eigenvalue weighted by Gasteiger charge is -2.08. The zero-order valence-corrected chi connectivity index (χ0v) is 10.4. The van der Waals surface area contributed by atoms with Crippen molar-refractivity contribution >= 4 is 22.6 Å². The lowest BCUT2D eigenvalue weighted by molar-refractivity contribution is 0.293. The largest absolute Gasteiger partial charge is 0.504 e. The second-order valence-corrected chi connectivity index (χ2v) is 4.23. The summed E-state index contributed by atoms with van der Waals surface area (Å²) in [5.74, 6) is 0.927. The van der Waals surface area contributed by atoms with Gasteiger partial charge in [-0.2, -0.15) is 0 Å². The molecule has 0 unspecified atom stereocenters. The first-order chi connectivity index (χ1) is 8.70. The number of phenols is 1. The number of hydrogen-bond donors (Lipinski definition) is 1. The maximum absolute atomic E-state index is 11.1. The van der Waals surface area contributed by atoms with E-state index in [2.05, 4.69) is 0 Å². The summed E-state index contributed by atoms with van der Waals surface area (Å²) in [6.45, 7) is 0.461. The van der Waals surface area contributed by atoms with Crippen LogP contribution in [0.4, 0.5) is 0 Å². The van der Waals surface area contributed by atoms with Gasteiger partial charge in [-0.15, -0.1) is 11.6 Å². The molecule has 2 rings (SSSR count). The standard InChI is InChI=1S/C13H13ClO4/c14-5-1-2-6-17-12-8-11-9(7-10(12)15)3-4-13(16)18-11/h3-4,7-8,15H,1-2,5-6H2. The number of hydrogen-bond acceptors (Lipinski definition) is 4. The van der Waals surface area contributed by atoms with Gasteiger partial charge in [0.15, 0.2) is 11.5 Å². The first-order valence-electron chi connectivity index (χ1n) is 5.66. The molecule has 0 saturated carbocycles. The molecule has 0 radical (unpaired) electrons. The van der Waals surface area contributed by atoms with E-state index in [0.29, 0.717) is 29.2 Å². The molecule has 0 bridgehead atoms. The van der Waals surface area contributed by atoms with Crippen molar-refractivity contribution in [1.29, 1.82) is 0 Å². The number of ether oxygens (including phenoxy) is 1. The van der Waals surface area contributed by atoms with E-state index in [1.165, 1.54) is 18.2 Å². The molecule has 0 fully saturated rings. The van der Waals surface area contributed by atoms with Crippen molar-refractivity contribution in [2.24, 2.45) is 0 Å². The van der Waals surface area contributed by atoms with Gasteiger partial charge in [-0.3, -0.25) is 0 Å². The summed E-state index contributed by atoms with van der Waals surface area (Å²) in [6, 6.07) is 5.93. The van der Waals surface area contributed by atoms with Crippen LogP contribution in [-0.2, 0) is 0 Å². The lowest BCUT2D eigenvalue weighted by atomic mass is 10.2. The van der Waals surface area contributed by atoms with Crippen LogP contribution in [-0.4, -0.2) is 17.6 Å². The van der Waals surface area contributed by atoms with Gasteiger partial charge in [0, 0.05) is 23.4 Å². The zero-order valence-electron chi connectivity index (χ0n) is 9.69. The Kier molecular flexibility index (Phi) is 4.10. The van der Waals surface area contributed by atoms with Gasteiger partial charge in [0.1, 0.15) is 5.58 Å². The molecular formula is C13H13ClO4. The van der Waals surface area contributed by atoms with Crippen molar-refractivity contribution in [3.05, 3.63) is 34.7 Å². The zero-order chi connectivity index (χ0) is 13.0. The Morgan fingerprint density at radius 2 is 2.11 bits per heavy atom. The van der Waals surface area contributed by atoms with Crippen LogP contribution >= 0.6 is 11.6 Å². The molecule has 4 nitrogen and oxygen atoms in total. The van der Waals surface area contributed by atoms with E-state index < -0.39 is 5.63 Å². The van der Waals surface area contributed by atoms with Crippen LogP contribution < -0.4 is 10.4 Å². The van der Waals surface area contributed by atoms with E-state index in [4.69, 9.17) is 20.8 Å². The summed E-state index contributed by atoms with van der Waals surface area (Å²) in [6.07, 6.45) is 1.66. The highest BCUT2D eigenvalue weighted by Crippen LogP contribution is 2.30. The highest BCUT2D eigenvalue weighted by atomic mass is 35.5. The molecule has 96 valence electrons. The highest BCUT2D eigenvalue weighted by molar-refractivity contribution is 6.17. The van der Waals surface area contributed by atoms with Crippen LogP contribution in [0.5, 0.6) is 11.5 Å². The third-order valence-corrected chi connectivity index (χ3v) is 2.75. The van der Waals surface area contributed by atoms with Crippen LogP contribution in [0.25, 0.3) is 11.0 Å². The van der Waals surface area contributed by atoms with E-state index in [1.54, 1.807) is 6.07 Å². The summed E-state index contributed by atoms with van der Waals surface area (Å²) in [4.78, 5) is 11.1. The number of rotatable bonds is 5. The van der Waals surface area contributed by atoms with Gasteiger partial charge in [0.2, 0.25) is 0 Å². The van der Waals surface area contributed by atoms with Gasteiger partial charge >= 0.3 is 5.63 Å². The van der Waals surface area contributed by atoms with Gasteiger partial charge < -0.3 is 14.3 Å². The maximum Gasteiger partial charge on any atom is 0.336 e. The molecule has 0 aliphatic carbocycles. The van der Waals surface area contributed by atoms with Gasteiger partial charge in [-0.25, -0.2) is 4.79 Å². The number of unbranched alkanes of at least 4 members (excludes halogenated alkanes) is 1. The average Bonchev–Trinajstić information content (AvgIpc) is 2.35. The molecule has 1 aromatic heterocycles. The van der Waals surface area contributed by atoms with Crippen LogP contribution in [0.1, 0.15) is 12.8 Å². The fraction of sp³-hybridized carbons (Fsp3) is 0.308. The quantitative estimate of drug-likeness (QED) is 0.515. The predicted octanol–water partition coefficient (Wildman–Crippen LogP) is 2.90. The molecule has 18 heavy (non-hydrogen) atoms. The smallest absolute Gasteiger partial charge is 0.336 e. The molecule has 0 aliphatic heterocycles. The molecule has 1 heterocycles. The molecule has 0 amide bonds. The van der Waals surface area contributed by atoms with Crippen molar-refractivity contribution in [1.82, 2.24) is 0 Å². The third kappa shape index (κ3) is 2.96. The maximum atomic E-state index is 11.1. The van der Waals surface area contributed by atoms with Crippen molar-refractivity contribution in [3.63, 3.8) is 0 Å². The van der Waals surface area contributed by atoms with E-state index in [0.717, 1.165) is 12.8 Å². The number of aromatic hydroxyl groups is 1. The summed E-state index contributed by atoms with van der Waals surface area (Å²) in [5, 5.41) is 10.4. The highest BCUT2D eigenvalue weighted by Gasteiger charge is 2.07. The van der Waals surface area contributed by atoms with Gasteiger partial charge in [0.05, 0.1) is 6.61 Å². The molecule has 2 aromatic rings. The Hall–Kier alpha value is -1.68. The monoisotopic (exact) mass is 268 g/mol. The van der Waals surface area contributed by atoms with Crippen molar-refractivity contribution in [2.75, 3.05) is 12.5 Å². The second kappa shape index (κ2) is 5.78. The van der Waals surface area contributed by atoms with Crippen molar-refractivity contribution < 1.29 is 14.3 Å². The minimum absolute atomic E-state index is 0.0298. The number of fused-ring (bicyclic) bond motifs is 1. The molecule has 0 aliphatic rings. The average molecular weight is 269 g/mol. The lowest BCUT2D eigenvalue weighted by Crippen LogP contribution is -1.99. The Labute approximate surface area is 109 Å². The minimum Gasteiger partial charge on any atom is -0.504 e. The Morgan fingerprint density at radius 1 is 1.28 bits per heavy atom. The first-order valence-corrected chi connectivity index (χ1v) is 6.20. The SMILES string of the molecule is O=c1ccc2cc(O)c(OCCCCCl)cc2o1. The molecular weight excluding hydrogens is 256 g/mol. The second-order valence-electron chi connectivity index (χ2n) is 3.86. The number of halogens is 1. The topological polar surface area (TPSA) is 59.7 Å². The molecule has 0 spiro atoms. The molecule has 1 aromatic carbocycles.